The number of piperidine rings is 3. The van der Waals surface area contributed by atoms with Crippen LogP contribution >= 0.6 is 0 Å². The zero-order chi connectivity index (χ0) is 102. The van der Waals surface area contributed by atoms with Crippen molar-refractivity contribution in [1.82, 2.24) is 34.7 Å². The second-order valence-electron chi connectivity index (χ2n) is 45.9. The largest absolute Gasteiger partial charge is 0.379 e. The fourth-order valence-corrected chi connectivity index (χ4v) is 21.5. The molecule has 772 valence electrons. The summed E-state index contributed by atoms with van der Waals surface area (Å²) in [5.41, 5.74) is 28.2. The molecule has 5 aliphatic rings. The Bertz CT molecular complexity index is 4790. The van der Waals surface area contributed by atoms with E-state index >= 15 is 0 Å². The molecule has 0 amide bonds. The van der Waals surface area contributed by atoms with E-state index in [-0.39, 0.29) is 0 Å². The maximum absolute atomic E-state index is 5.50. The predicted octanol–water partition coefficient (Wildman–Crippen LogP) is 33.1. The SMILES string of the molecule is CC(C)=CC(C[C@H](C)c1ccc(C)cc1)N1CCC(C(C)C)CC1.CC(C)=CC(C[C@H](C)c1ccc(C)cc1)N1CCC(c2ccccc2)CC1.CC(C)=CC(C[C@H](C)c1ccc(C)cc1)N1CCCCC1.CC(C)=CC(C[C@H](C)c1ccc(C)cc1)N1CCN(CC(C)C)CC1.CC(C)=CC(C[C@H](C)c1ccc(C)cc1)N1CCOCC1.CC(C)=CC(C[C@H](C)c1ccc(C)cc1)NCc1ccccc1. The van der Waals surface area contributed by atoms with E-state index in [0.29, 0.717) is 71.8 Å². The highest BCUT2D eigenvalue weighted by Gasteiger charge is 2.32. The molecule has 8 nitrogen and oxygen atoms in total. The van der Waals surface area contributed by atoms with Crippen LogP contribution in [0.5, 0.6) is 0 Å². The molecule has 0 aliphatic carbocycles. The molecular weight excluding hydrogens is 1710 g/mol. The monoisotopic (exact) mass is 1910 g/mol. The fourth-order valence-electron chi connectivity index (χ4n) is 21.5. The second-order valence-corrected chi connectivity index (χ2v) is 45.9. The first kappa shape index (κ1) is 118. The Morgan fingerprint density at radius 1 is 0.291 bits per heavy atom. The van der Waals surface area contributed by atoms with Gasteiger partial charge in [-0.15, -0.1) is 0 Å². The number of nitrogens with zero attached hydrogens (tertiary/aromatic N) is 6. The van der Waals surface area contributed by atoms with Crippen LogP contribution in [0, 0.1) is 59.3 Å². The number of hydrogen-bond acceptors (Lipinski definition) is 8. The number of piperazine rings is 1. The number of allylic oxidation sites excluding steroid dienone is 6. The molecule has 0 saturated carbocycles. The maximum atomic E-state index is 5.50. The van der Waals surface area contributed by atoms with E-state index in [9.17, 15) is 0 Å². The summed E-state index contributed by atoms with van der Waals surface area (Å²) in [5.74, 6) is 6.76. The molecule has 8 heteroatoms. The van der Waals surface area contributed by atoms with Crippen LogP contribution < -0.4 is 5.32 Å². The van der Waals surface area contributed by atoms with Crippen molar-refractivity contribution in [2.24, 2.45) is 17.8 Å². The van der Waals surface area contributed by atoms with Crippen molar-refractivity contribution in [2.75, 3.05) is 98.3 Å². The Labute approximate surface area is 865 Å². The van der Waals surface area contributed by atoms with Crippen LogP contribution in [0.25, 0.3) is 0 Å². The van der Waals surface area contributed by atoms with Crippen LogP contribution in [0.15, 0.2) is 276 Å². The average Bonchev–Trinajstić information content (AvgIpc) is 0.842. The minimum atomic E-state index is 0.400. The van der Waals surface area contributed by atoms with Gasteiger partial charge in [0.2, 0.25) is 0 Å². The van der Waals surface area contributed by atoms with Gasteiger partial charge in [0.25, 0.3) is 0 Å². The van der Waals surface area contributed by atoms with E-state index in [0.717, 1.165) is 62.9 Å². The lowest BCUT2D eigenvalue weighted by atomic mass is 9.85. The molecule has 5 aliphatic heterocycles. The van der Waals surface area contributed by atoms with Crippen LogP contribution in [0.1, 0.15) is 355 Å². The molecule has 0 radical (unpaired) electrons. The Hall–Kier alpha value is -8.12. The van der Waals surface area contributed by atoms with Crippen molar-refractivity contribution in [3.8, 4) is 0 Å². The number of rotatable bonds is 36. The van der Waals surface area contributed by atoms with Crippen LogP contribution in [-0.4, -0.2) is 164 Å². The quantitative estimate of drug-likeness (QED) is 0.0390. The standard InChI is InChI=1S/C26H35N.C23H38N2.C23H37N.C22H29N.C20H31N.C19H29NO/c1-20(2)18-26(19-22(4)23-12-10-21(3)11-13-23)27-16-14-25(15-17-27)24-8-6-5-7-9-24;1-18(2)15-23(16-21(6)22-9-7-20(5)8-10-22)25-13-11-24(12-14-25)17-19(3)4;1-17(2)15-23(24-13-11-21(12-14-24)18(3)4)16-20(6)22-9-7-19(5)8-10-22;1-17(2)14-22(23-16-20-8-6-5-7-9-20)15-19(4)21-12-10-18(3)11-13-21;1-16(2)14-20(21-12-6-5-7-13-21)15-18(4)19-10-8-17(3)9-11-19;1-15(2)13-19(20-9-11-21-12-10-20)14-17(4)18-7-5-16(3)6-8-18/h5-13,18,22,25-26H,14-17,19H2,1-4H3;7-10,15,19,21,23H,11-14,16-17H2,1-6H3;7-10,15,18,20-21,23H,11-14,16H2,1-6H3;5-14,19,22-23H,15-16H2,1-4H3;8-11,14,18,20H,5-7,12-13,15H2,1-4H3;5-8,13,17,19H,9-12,14H2,1-4H3/t22-,26?;21-,23?;20-,23?;19-,22?;18-,20?;17-,19?/m000000/s1. The molecule has 8 aromatic rings. The third kappa shape index (κ3) is 44.8. The molecule has 5 fully saturated rings. The summed E-state index contributed by atoms with van der Waals surface area (Å²) in [6.45, 7) is 81.4. The van der Waals surface area contributed by atoms with Gasteiger partial charge in [-0.3, -0.25) is 24.5 Å². The molecule has 5 heterocycles. The van der Waals surface area contributed by atoms with Crippen LogP contribution in [-0.2, 0) is 11.3 Å². The number of morpholine rings is 1. The van der Waals surface area contributed by atoms with E-state index in [1.165, 1.54) is 260 Å². The van der Waals surface area contributed by atoms with E-state index in [1.807, 2.05) is 0 Å². The lowest BCUT2D eigenvalue weighted by Gasteiger charge is -2.40. The third-order valence-electron chi connectivity index (χ3n) is 30.2. The molecule has 0 spiro atoms. The number of ether oxygens (including phenoxy) is 1. The second kappa shape index (κ2) is 63.3. The van der Waals surface area contributed by atoms with Crippen LogP contribution in [0.4, 0.5) is 0 Å². The highest BCUT2D eigenvalue weighted by atomic mass is 16.5. The van der Waals surface area contributed by atoms with E-state index < -0.39 is 0 Å². The van der Waals surface area contributed by atoms with E-state index in [2.05, 4.69) is 471 Å². The molecule has 13 rings (SSSR count). The summed E-state index contributed by atoms with van der Waals surface area (Å²) in [6, 6.07) is 79.2. The summed E-state index contributed by atoms with van der Waals surface area (Å²) >= 11 is 0. The number of aryl methyl sites for hydroxylation is 6. The van der Waals surface area contributed by atoms with Crippen LogP contribution in [0.3, 0.4) is 0 Å². The highest BCUT2D eigenvalue weighted by molar-refractivity contribution is 5.32. The first-order chi connectivity index (χ1) is 67.4. The summed E-state index contributed by atoms with van der Waals surface area (Å²) in [4.78, 5) is 16.1. The lowest BCUT2D eigenvalue weighted by Crippen LogP contribution is -2.50. The predicted molar refractivity (Wildman–Crippen MR) is 618 cm³/mol. The smallest absolute Gasteiger partial charge is 0.0594 e. The summed E-state index contributed by atoms with van der Waals surface area (Å²) in [6.07, 6.45) is 31.3. The van der Waals surface area contributed by atoms with Crippen molar-refractivity contribution < 1.29 is 4.74 Å². The molecule has 8 aromatic carbocycles. The molecule has 12 atom stereocenters. The fraction of sp³-hybridized carbons (Fsp3) is 0.549. The summed E-state index contributed by atoms with van der Waals surface area (Å²) in [5, 5.41) is 3.70. The van der Waals surface area contributed by atoms with Gasteiger partial charge >= 0.3 is 0 Å². The van der Waals surface area contributed by atoms with Gasteiger partial charge in [0.05, 0.1) is 13.2 Å². The maximum Gasteiger partial charge on any atom is 0.0594 e. The van der Waals surface area contributed by atoms with Gasteiger partial charge in [-0.05, 0) is 345 Å². The molecule has 141 heavy (non-hydrogen) atoms. The summed E-state index contributed by atoms with van der Waals surface area (Å²) in [7, 11) is 0. The Balaban J connectivity index is 0.000000208. The third-order valence-corrected chi connectivity index (χ3v) is 30.2. The number of likely N-dealkylation sites (tertiary alicyclic amines) is 3. The van der Waals surface area contributed by atoms with Gasteiger partial charge in [-0.25, -0.2) is 0 Å². The topological polar surface area (TPSA) is 40.7 Å². The first-order valence-corrected chi connectivity index (χ1v) is 55.5. The minimum absolute atomic E-state index is 0.400. The van der Waals surface area contributed by atoms with E-state index in [1.54, 1.807) is 0 Å². The molecular formula is C133H199N7O. The van der Waals surface area contributed by atoms with Gasteiger partial charge in [0, 0.05) is 88.6 Å². The van der Waals surface area contributed by atoms with Crippen molar-refractivity contribution in [3.63, 3.8) is 0 Å². The lowest BCUT2D eigenvalue weighted by molar-refractivity contribution is 0.0231. The number of benzene rings is 8. The molecule has 5 saturated heterocycles. The average molecular weight is 1910 g/mol. The Morgan fingerprint density at radius 2 is 0.560 bits per heavy atom. The zero-order valence-electron chi connectivity index (χ0n) is 94.4. The highest BCUT2D eigenvalue weighted by Crippen LogP contribution is 2.37. The van der Waals surface area contributed by atoms with Gasteiger partial charge in [0.1, 0.15) is 0 Å². The Morgan fingerprint density at radius 3 is 0.851 bits per heavy atom. The summed E-state index contributed by atoms with van der Waals surface area (Å²) < 4.78 is 5.50. The number of nitrogens with one attached hydrogen (secondary N) is 1. The zero-order valence-corrected chi connectivity index (χ0v) is 94.4. The van der Waals surface area contributed by atoms with Gasteiger partial charge in [0.15, 0.2) is 0 Å². The molecule has 1 N–H and O–H groups in total. The number of hydrogen-bond donors (Lipinski definition) is 1. The molecule has 6 unspecified atom stereocenters. The van der Waals surface area contributed by atoms with Crippen molar-refractivity contribution in [2.45, 2.75) is 362 Å². The van der Waals surface area contributed by atoms with Crippen molar-refractivity contribution in [3.05, 3.63) is 354 Å². The van der Waals surface area contributed by atoms with Gasteiger partial charge in [-0.1, -0.05) is 385 Å². The van der Waals surface area contributed by atoms with Gasteiger partial charge in [-0.2, -0.15) is 0 Å². The van der Waals surface area contributed by atoms with Crippen molar-refractivity contribution in [1.29, 1.82) is 0 Å². The van der Waals surface area contributed by atoms with Crippen molar-refractivity contribution >= 4 is 0 Å². The van der Waals surface area contributed by atoms with Gasteiger partial charge < -0.3 is 15.0 Å². The minimum Gasteiger partial charge on any atom is -0.379 e. The normalized spacial score (nSPS) is 18.0. The molecule has 0 aromatic heterocycles. The van der Waals surface area contributed by atoms with Crippen LogP contribution in [0.2, 0.25) is 0 Å². The van der Waals surface area contributed by atoms with E-state index in [4.69, 9.17) is 4.74 Å². The first-order valence-electron chi connectivity index (χ1n) is 55.5. The molecule has 0 bridgehead atoms. The Kier molecular flexibility index (Phi) is 53.0.